The third-order valence-corrected chi connectivity index (χ3v) is 2.42. The van der Waals surface area contributed by atoms with Crippen molar-refractivity contribution in [1.82, 2.24) is 9.97 Å². The van der Waals surface area contributed by atoms with Gasteiger partial charge in [-0.2, -0.15) is 0 Å². The zero-order valence-electron chi connectivity index (χ0n) is 9.50. The minimum absolute atomic E-state index is 0.0905. The maximum Gasteiger partial charge on any atom is 0.356 e. The third kappa shape index (κ3) is 3.05. The van der Waals surface area contributed by atoms with Crippen molar-refractivity contribution in [3.8, 4) is 0 Å². The number of aromatic carboxylic acids is 1. The summed E-state index contributed by atoms with van der Waals surface area (Å²) in [5.74, 6) is -1.78. The van der Waals surface area contributed by atoms with Crippen molar-refractivity contribution in [3.63, 3.8) is 0 Å². The average molecular weight is 278 g/mol. The highest BCUT2D eigenvalue weighted by Gasteiger charge is 2.15. The molecule has 96 valence electrons. The molecule has 1 amide bonds. The van der Waals surface area contributed by atoms with Crippen molar-refractivity contribution in [2.45, 2.75) is 0 Å². The number of carboxylic acids is 1. The van der Waals surface area contributed by atoms with E-state index in [1.807, 2.05) is 0 Å². The van der Waals surface area contributed by atoms with Crippen LogP contribution >= 0.6 is 11.6 Å². The highest BCUT2D eigenvalue weighted by atomic mass is 35.5. The second-order valence-corrected chi connectivity index (χ2v) is 3.89. The summed E-state index contributed by atoms with van der Waals surface area (Å²) in [6.45, 7) is 0. The van der Waals surface area contributed by atoms with Gasteiger partial charge in [-0.05, 0) is 24.3 Å². The Morgan fingerprint density at radius 2 is 2.00 bits per heavy atom. The van der Waals surface area contributed by atoms with Gasteiger partial charge in [-0.25, -0.2) is 14.8 Å². The predicted molar refractivity (Wildman–Crippen MR) is 68.4 cm³/mol. The fourth-order valence-electron chi connectivity index (χ4n) is 1.40. The van der Waals surface area contributed by atoms with Crippen molar-refractivity contribution < 1.29 is 14.7 Å². The molecule has 19 heavy (non-hydrogen) atoms. The van der Waals surface area contributed by atoms with E-state index in [1.54, 1.807) is 6.07 Å². The number of nitrogens with one attached hydrogen (secondary N) is 1. The fourth-order valence-corrected chi connectivity index (χ4v) is 1.56. The lowest BCUT2D eigenvalue weighted by Gasteiger charge is -2.06. The molecule has 0 atom stereocenters. The lowest BCUT2D eigenvalue weighted by Crippen LogP contribution is -2.16. The van der Waals surface area contributed by atoms with E-state index in [-0.39, 0.29) is 22.2 Å². The van der Waals surface area contributed by atoms with E-state index in [9.17, 15) is 9.59 Å². The first kappa shape index (κ1) is 13.0. The van der Waals surface area contributed by atoms with Crippen LogP contribution in [-0.4, -0.2) is 27.0 Å². The number of halogens is 1. The number of hydrogen-bond donors (Lipinski definition) is 2. The molecule has 0 aliphatic carbocycles. The molecule has 0 spiro atoms. The summed E-state index contributed by atoms with van der Waals surface area (Å²) >= 11 is 5.68. The molecule has 0 bridgehead atoms. The second-order valence-electron chi connectivity index (χ2n) is 3.50. The van der Waals surface area contributed by atoms with Crippen molar-refractivity contribution in [3.05, 3.63) is 53.1 Å². The first-order valence-corrected chi connectivity index (χ1v) is 5.58. The van der Waals surface area contributed by atoms with E-state index in [0.29, 0.717) is 0 Å². The monoisotopic (exact) mass is 277 g/mol. The molecule has 7 heteroatoms. The van der Waals surface area contributed by atoms with Crippen LogP contribution in [0.1, 0.15) is 21.0 Å². The van der Waals surface area contributed by atoms with Crippen LogP contribution in [0.5, 0.6) is 0 Å². The first-order valence-electron chi connectivity index (χ1n) is 5.20. The van der Waals surface area contributed by atoms with Crippen LogP contribution in [0.3, 0.4) is 0 Å². The van der Waals surface area contributed by atoms with E-state index < -0.39 is 11.9 Å². The van der Waals surface area contributed by atoms with Gasteiger partial charge in [-0.15, -0.1) is 0 Å². The largest absolute Gasteiger partial charge is 0.476 e. The Hall–Kier alpha value is -2.47. The normalized spacial score (nSPS) is 9.95. The van der Waals surface area contributed by atoms with Gasteiger partial charge >= 0.3 is 5.97 Å². The molecule has 2 aromatic heterocycles. The molecular weight excluding hydrogens is 270 g/mol. The van der Waals surface area contributed by atoms with Gasteiger partial charge in [0.25, 0.3) is 5.91 Å². The SMILES string of the molecule is O=C(Nc1cccnc1C(=O)O)c1cccc(Cl)n1. The predicted octanol–water partition coefficient (Wildman–Crippen LogP) is 2.08. The molecule has 2 rings (SSSR count). The van der Waals surface area contributed by atoms with Crippen LogP contribution in [0.25, 0.3) is 0 Å². The Kier molecular flexibility index (Phi) is 3.72. The summed E-state index contributed by atoms with van der Waals surface area (Å²) in [4.78, 5) is 30.3. The van der Waals surface area contributed by atoms with Crippen molar-refractivity contribution in [1.29, 1.82) is 0 Å². The number of amides is 1. The Balaban J connectivity index is 2.27. The molecule has 2 heterocycles. The molecule has 0 aliphatic rings. The average Bonchev–Trinajstić information content (AvgIpc) is 2.39. The van der Waals surface area contributed by atoms with Gasteiger partial charge in [0.15, 0.2) is 5.69 Å². The summed E-state index contributed by atoms with van der Waals surface area (Å²) in [6.07, 6.45) is 1.33. The van der Waals surface area contributed by atoms with E-state index in [4.69, 9.17) is 16.7 Å². The molecule has 0 saturated heterocycles. The Morgan fingerprint density at radius 1 is 1.21 bits per heavy atom. The number of carboxylic acid groups (broad SMARTS) is 1. The van der Waals surface area contributed by atoms with Crippen molar-refractivity contribution >= 4 is 29.2 Å². The number of nitrogens with zero attached hydrogens (tertiary/aromatic N) is 2. The number of carbonyl (C=O) groups is 2. The molecule has 0 aromatic carbocycles. The number of aromatic nitrogens is 2. The third-order valence-electron chi connectivity index (χ3n) is 2.21. The van der Waals surface area contributed by atoms with Crippen LogP contribution in [0, 0.1) is 0 Å². The molecule has 0 radical (unpaired) electrons. The van der Waals surface area contributed by atoms with Crippen LogP contribution in [0.4, 0.5) is 5.69 Å². The van der Waals surface area contributed by atoms with E-state index in [1.165, 1.54) is 30.5 Å². The Labute approximate surface area is 113 Å². The number of hydrogen-bond acceptors (Lipinski definition) is 4. The maximum atomic E-state index is 11.9. The van der Waals surface area contributed by atoms with E-state index >= 15 is 0 Å². The molecule has 6 nitrogen and oxygen atoms in total. The van der Waals surface area contributed by atoms with Gasteiger partial charge in [0, 0.05) is 6.20 Å². The number of rotatable bonds is 3. The summed E-state index contributed by atoms with van der Waals surface area (Å²) in [5.41, 5.74) is -0.0488. The summed E-state index contributed by atoms with van der Waals surface area (Å²) < 4.78 is 0. The first-order chi connectivity index (χ1) is 9.08. The number of carbonyl (C=O) groups excluding carboxylic acids is 1. The topological polar surface area (TPSA) is 92.2 Å². The number of pyridine rings is 2. The zero-order valence-corrected chi connectivity index (χ0v) is 10.3. The van der Waals surface area contributed by atoms with Gasteiger partial charge in [0.1, 0.15) is 10.8 Å². The van der Waals surface area contributed by atoms with Gasteiger partial charge in [-0.1, -0.05) is 17.7 Å². The number of anilines is 1. The van der Waals surface area contributed by atoms with Crippen LogP contribution in [0.15, 0.2) is 36.5 Å². The van der Waals surface area contributed by atoms with Crippen molar-refractivity contribution in [2.24, 2.45) is 0 Å². The summed E-state index contributed by atoms with van der Waals surface area (Å²) in [5, 5.41) is 11.6. The summed E-state index contributed by atoms with van der Waals surface area (Å²) in [6, 6.07) is 7.54. The lowest BCUT2D eigenvalue weighted by molar-refractivity contribution is 0.0692. The van der Waals surface area contributed by atoms with Gasteiger partial charge in [-0.3, -0.25) is 4.79 Å². The van der Waals surface area contributed by atoms with Crippen LogP contribution < -0.4 is 5.32 Å². The minimum atomic E-state index is -1.23. The van der Waals surface area contributed by atoms with Gasteiger partial charge in [0.2, 0.25) is 0 Å². The quantitative estimate of drug-likeness (QED) is 0.838. The fraction of sp³-hybridized carbons (Fsp3) is 0. The van der Waals surface area contributed by atoms with Gasteiger partial charge in [0.05, 0.1) is 5.69 Å². The highest BCUT2D eigenvalue weighted by molar-refractivity contribution is 6.29. The molecule has 0 unspecified atom stereocenters. The van der Waals surface area contributed by atoms with Crippen LogP contribution in [0.2, 0.25) is 5.15 Å². The van der Waals surface area contributed by atoms with E-state index in [2.05, 4.69) is 15.3 Å². The molecule has 0 fully saturated rings. The maximum absolute atomic E-state index is 11.9. The Morgan fingerprint density at radius 3 is 2.68 bits per heavy atom. The zero-order chi connectivity index (χ0) is 13.8. The standard InChI is InChI=1S/C12H8ClN3O3/c13-9-5-1-3-8(15-9)11(17)16-7-4-2-6-14-10(7)12(18)19/h1-6H,(H,16,17)(H,18,19). The highest BCUT2D eigenvalue weighted by Crippen LogP contribution is 2.14. The summed E-state index contributed by atoms with van der Waals surface area (Å²) in [7, 11) is 0. The van der Waals surface area contributed by atoms with Gasteiger partial charge < -0.3 is 10.4 Å². The molecular formula is C12H8ClN3O3. The van der Waals surface area contributed by atoms with Crippen molar-refractivity contribution in [2.75, 3.05) is 5.32 Å². The Bertz CT molecular complexity index is 646. The minimum Gasteiger partial charge on any atom is -0.476 e. The molecule has 0 saturated carbocycles. The smallest absolute Gasteiger partial charge is 0.356 e. The van der Waals surface area contributed by atoms with E-state index in [0.717, 1.165) is 0 Å². The van der Waals surface area contributed by atoms with Crippen LogP contribution in [-0.2, 0) is 0 Å². The molecule has 2 N–H and O–H groups in total. The second kappa shape index (κ2) is 5.45. The molecule has 0 aliphatic heterocycles. The molecule has 2 aromatic rings. The lowest BCUT2D eigenvalue weighted by atomic mass is 10.2.